The third-order valence-electron chi connectivity index (χ3n) is 3.73. The summed E-state index contributed by atoms with van der Waals surface area (Å²) >= 11 is 0. The summed E-state index contributed by atoms with van der Waals surface area (Å²) in [5.74, 6) is 0.658. The molecule has 3 aromatic rings. The fourth-order valence-electron chi connectivity index (χ4n) is 2.51. The molecule has 0 atom stereocenters. The smallest absolute Gasteiger partial charge is 0.271 e. The van der Waals surface area contributed by atoms with Crippen LogP contribution in [-0.2, 0) is 20.1 Å². The van der Waals surface area contributed by atoms with E-state index in [0.29, 0.717) is 13.0 Å². The molecular weight excluding hydrogens is 336 g/mol. The van der Waals surface area contributed by atoms with E-state index in [9.17, 15) is 8.42 Å². The molecule has 0 heterocycles. The third kappa shape index (κ3) is 5.31. The Labute approximate surface area is 148 Å². The summed E-state index contributed by atoms with van der Waals surface area (Å²) in [6.07, 6.45) is 0.501. The summed E-state index contributed by atoms with van der Waals surface area (Å²) in [4.78, 5) is 0. The largest absolute Gasteiger partial charge is 0.493 e. The molecule has 0 radical (unpaired) electrons. The Kier molecular flexibility index (Phi) is 5.68. The number of ether oxygens (including phenoxy) is 1. The molecule has 0 aromatic heterocycles. The van der Waals surface area contributed by atoms with Crippen molar-refractivity contribution in [3.63, 3.8) is 0 Å². The van der Waals surface area contributed by atoms with Crippen LogP contribution in [0.5, 0.6) is 5.75 Å². The van der Waals surface area contributed by atoms with E-state index in [0.717, 1.165) is 22.1 Å². The first-order chi connectivity index (χ1) is 12.1. The molecule has 0 amide bonds. The van der Waals surface area contributed by atoms with Gasteiger partial charge in [-0.05, 0) is 28.5 Å². The quantitative estimate of drug-likeness (QED) is 0.449. The minimum atomic E-state index is -3.56. The van der Waals surface area contributed by atoms with E-state index in [1.807, 2.05) is 60.7 Å². The van der Waals surface area contributed by atoms with Gasteiger partial charge in [-0.1, -0.05) is 60.7 Å². The number of hydrogen-bond donors (Lipinski definition) is 0. The first-order valence-corrected chi connectivity index (χ1v) is 9.73. The topological polar surface area (TPSA) is 52.6 Å². The van der Waals surface area contributed by atoms with Gasteiger partial charge >= 0.3 is 0 Å². The molecule has 0 bridgehead atoms. The van der Waals surface area contributed by atoms with Crippen LogP contribution < -0.4 is 4.74 Å². The van der Waals surface area contributed by atoms with Crippen molar-refractivity contribution in [3.8, 4) is 5.75 Å². The highest BCUT2D eigenvalue weighted by Gasteiger charge is 2.12. The minimum Gasteiger partial charge on any atom is -0.493 e. The number of benzene rings is 3. The van der Waals surface area contributed by atoms with Gasteiger partial charge in [0.05, 0.1) is 13.2 Å². The predicted octanol–water partition coefficient (Wildman–Crippen LogP) is 4.16. The fraction of sp³-hybridized carbons (Fsp3) is 0.200. The van der Waals surface area contributed by atoms with Crippen molar-refractivity contribution in [2.24, 2.45) is 0 Å². The van der Waals surface area contributed by atoms with E-state index in [1.54, 1.807) is 12.1 Å². The molecule has 0 aliphatic rings. The van der Waals surface area contributed by atoms with Crippen molar-refractivity contribution in [3.05, 3.63) is 78.4 Å². The molecule has 0 spiro atoms. The van der Waals surface area contributed by atoms with Gasteiger partial charge in [0.2, 0.25) is 0 Å². The van der Waals surface area contributed by atoms with Crippen molar-refractivity contribution in [2.45, 2.75) is 12.2 Å². The van der Waals surface area contributed by atoms with Crippen molar-refractivity contribution >= 4 is 20.9 Å². The van der Waals surface area contributed by atoms with Crippen LogP contribution in [0.25, 0.3) is 10.8 Å². The van der Waals surface area contributed by atoms with Crippen LogP contribution >= 0.6 is 0 Å². The van der Waals surface area contributed by atoms with Crippen LogP contribution in [0.2, 0.25) is 0 Å². The van der Waals surface area contributed by atoms with Gasteiger partial charge in [-0.25, -0.2) is 0 Å². The lowest BCUT2D eigenvalue weighted by Crippen LogP contribution is -2.11. The van der Waals surface area contributed by atoms with Gasteiger partial charge in [0, 0.05) is 6.42 Å². The normalized spacial score (nSPS) is 11.5. The zero-order chi connectivity index (χ0) is 17.5. The van der Waals surface area contributed by atoms with Gasteiger partial charge in [-0.15, -0.1) is 0 Å². The van der Waals surface area contributed by atoms with Gasteiger partial charge in [0.25, 0.3) is 10.1 Å². The lowest BCUT2D eigenvalue weighted by atomic mass is 10.1. The molecule has 0 fully saturated rings. The van der Waals surface area contributed by atoms with Gasteiger partial charge in [0.15, 0.2) is 0 Å². The standard InChI is InChI=1S/C20H20O4S/c21-25(22,16-17-7-2-1-3-8-17)24-14-6-13-23-20-12-11-18-9-4-5-10-19(18)15-20/h1-5,7-12,15H,6,13-14,16H2. The summed E-state index contributed by atoms with van der Waals surface area (Å²) < 4.78 is 34.5. The molecule has 25 heavy (non-hydrogen) atoms. The molecule has 5 heteroatoms. The van der Waals surface area contributed by atoms with E-state index in [-0.39, 0.29) is 12.4 Å². The lowest BCUT2D eigenvalue weighted by molar-refractivity contribution is 0.250. The first-order valence-electron chi connectivity index (χ1n) is 8.15. The number of rotatable bonds is 8. The maximum absolute atomic E-state index is 11.9. The van der Waals surface area contributed by atoms with Gasteiger partial charge in [-0.3, -0.25) is 4.18 Å². The van der Waals surface area contributed by atoms with Crippen molar-refractivity contribution < 1.29 is 17.3 Å². The Balaban J connectivity index is 1.43. The molecular formula is C20H20O4S. The summed E-state index contributed by atoms with van der Waals surface area (Å²) in [5.41, 5.74) is 0.718. The van der Waals surface area contributed by atoms with Crippen LogP contribution in [0.1, 0.15) is 12.0 Å². The lowest BCUT2D eigenvalue weighted by Gasteiger charge is -2.08. The van der Waals surface area contributed by atoms with Crippen molar-refractivity contribution in [1.29, 1.82) is 0 Å². The minimum absolute atomic E-state index is 0.112. The molecule has 0 aliphatic carbocycles. The van der Waals surface area contributed by atoms with Gasteiger partial charge < -0.3 is 4.74 Å². The Hall–Kier alpha value is -2.37. The van der Waals surface area contributed by atoms with Gasteiger partial charge in [0.1, 0.15) is 11.5 Å². The molecule has 4 nitrogen and oxygen atoms in total. The monoisotopic (exact) mass is 356 g/mol. The Bertz CT molecular complexity index is 921. The first kappa shape index (κ1) is 17.5. The Morgan fingerprint density at radius 1 is 0.760 bits per heavy atom. The predicted molar refractivity (Wildman–Crippen MR) is 99.1 cm³/mol. The number of hydrogen-bond acceptors (Lipinski definition) is 4. The molecule has 3 aromatic carbocycles. The molecule has 130 valence electrons. The molecule has 0 N–H and O–H groups in total. The molecule has 0 aliphatic heterocycles. The van der Waals surface area contributed by atoms with Crippen LogP contribution in [0.4, 0.5) is 0 Å². The van der Waals surface area contributed by atoms with Crippen LogP contribution in [0.15, 0.2) is 72.8 Å². The highest BCUT2D eigenvalue weighted by Crippen LogP contribution is 2.20. The highest BCUT2D eigenvalue weighted by atomic mass is 32.2. The highest BCUT2D eigenvalue weighted by molar-refractivity contribution is 7.85. The average Bonchev–Trinajstić information content (AvgIpc) is 2.61. The van der Waals surface area contributed by atoms with Crippen LogP contribution in [0, 0.1) is 0 Å². The summed E-state index contributed by atoms with van der Waals surface area (Å²) in [6, 6.07) is 22.9. The average molecular weight is 356 g/mol. The SMILES string of the molecule is O=S(=O)(Cc1ccccc1)OCCCOc1ccc2ccccc2c1. The Morgan fingerprint density at radius 3 is 2.28 bits per heavy atom. The van der Waals surface area contributed by atoms with E-state index < -0.39 is 10.1 Å². The zero-order valence-corrected chi connectivity index (χ0v) is 14.6. The maximum atomic E-state index is 11.9. The fourth-order valence-corrected chi connectivity index (χ4v) is 3.57. The molecule has 0 saturated heterocycles. The van der Waals surface area contributed by atoms with E-state index in [2.05, 4.69) is 0 Å². The summed E-state index contributed by atoms with van der Waals surface area (Å²) in [6.45, 7) is 0.516. The third-order valence-corrected chi connectivity index (χ3v) is 4.94. The van der Waals surface area contributed by atoms with E-state index >= 15 is 0 Å². The Morgan fingerprint density at radius 2 is 1.48 bits per heavy atom. The maximum Gasteiger partial charge on any atom is 0.271 e. The molecule has 0 saturated carbocycles. The van der Waals surface area contributed by atoms with Crippen molar-refractivity contribution in [1.82, 2.24) is 0 Å². The molecule has 3 rings (SSSR count). The van der Waals surface area contributed by atoms with E-state index in [1.165, 1.54) is 0 Å². The second kappa shape index (κ2) is 8.14. The second-order valence-corrected chi connectivity index (χ2v) is 7.36. The number of fused-ring (bicyclic) bond motifs is 1. The van der Waals surface area contributed by atoms with E-state index in [4.69, 9.17) is 8.92 Å². The zero-order valence-electron chi connectivity index (χ0n) is 13.8. The van der Waals surface area contributed by atoms with Crippen LogP contribution in [-0.4, -0.2) is 21.6 Å². The summed E-state index contributed by atoms with van der Waals surface area (Å²) in [7, 11) is -3.56. The summed E-state index contributed by atoms with van der Waals surface area (Å²) in [5, 5.41) is 2.27. The van der Waals surface area contributed by atoms with Crippen molar-refractivity contribution in [2.75, 3.05) is 13.2 Å². The molecule has 0 unspecified atom stereocenters. The van der Waals surface area contributed by atoms with Gasteiger partial charge in [-0.2, -0.15) is 8.42 Å². The second-order valence-electron chi connectivity index (χ2n) is 5.72. The van der Waals surface area contributed by atoms with Crippen LogP contribution in [0.3, 0.4) is 0 Å².